The maximum atomic E-state index is 11.7. The highest BCUT2D eigenvalue weighted by Gasteiger charge is 2.33. The minimum atomic E-state index is -0.730. The van der Waals surface area contributed by atoms with Gasteiger partial charge in [0.15, 0.2) is 0 Å². The normalized spacial score (nSPS) is 27.8. The standard InChI is InChI=1S/C14H24N2O3/c1-9(10-5-6-10)7-15-14(19)16-8-11-3-2-4-12(11)13(17)18/h9-12H,2-8H2,1H3,(H,17,18)(H2,15,16,19). The molecule has 2 fully saturated rings. The number of aliphatic carboxylic acids is 1. The van der Waals surface area contributed by atoms with Gasteiger partial charge in [0.05, 0.1) is 5.92 Å². The topological polar surface area (TPSA) is 78.4 Å². The molecular formula is C14H24N2O3. The Balaban J connectivity index is 1.63. The van der Waals surface area contributed by atoms with Crippen molar-refractivity contribution in [3.05, 3.63) is 0 Å². The zero-order chi connectivity index (χ0) is 13.8. The fourth-order valence-electron chi connectivity index (χ4n) is 2.98. The number of carbonyl (C=O) groups excluding carboxylic acids is 1. The summed E-state index contributed by atoms with van der Waals surface area (Å²) < 4.78 is 0. The van der Waals surface area contributed by atoms with Crippen molar-refractivity contribution in [3.63, 3.8) is 0 Å². The second kappa shape index (κ2) is 6.26. The molecule has 0 aliphatic heterocycles. The molecule has 0 radical (unpaired) electrons. The van der Waals surface area contributed by atoms with Gasteiger partial charge in [-0.1, -0.05) is 13.3 Å². The Morgan fingerprint density at radius 1 is 1.21 bits per heavy atom. The molecule has 3 N–H and O–H groups in total. The first-order valence-corrected chi connectivity index (χ1v) is 7.32. The molecule has 2 saturated carbocycles. The molecule has 0 heterocycles. The van der Waals surface area contributed by atoms with Crippen LogP contribution < -0.4 is 10.6 Å². The SMILES string of the molecule is CC(CNC(=O)NCC1CCCC1C(=O)O)C1CC1. The van der Waals surface area contributed by atoms with Crippen LogP contribution >= 0.6 is 0 Å². The third-order valence-electron chi connectivity index (χ3n) is 4.51. The van der Waals surface area contributed by atoms with Crippen molar-refractivity contribution in [2.75, 3.05) is 13.1 Å². The van der Waals surface area contributed by atoms with Crippen LogP contribution in [0.15, 0.2) is 0 Å². The van der Waals surface area contributed by atoms with Gasteiger partial charge >= 0.3 is 12.0 Å². The summed E-state index contributed by atoms with van der Waals surface area (Å²) in [6, 6.07) is -0.163. The Bertz CT molecular complexity index is 342. The van der Waals surface area contributed by atoms with Gasteiger partial charge in [-0.15, -0.1) is 0 Å². The average molecular weight is 268 g/mol. The summed E-state index contributed by atoms with van der Waals surface area (Å²) in [5.41, 5.74) is 0. The summed E-state index contributed by atoms with van der Waals surface area (Å²) in [5.74, 6) is 0.400. The number of nitrogens with one attached hydrogen (secondary N) is 2. The van der Waals surface area contributed by atoms with Crippen LogP contribution in [0.5, 0.6) is 0 Å². The van der Waals surface area contributed by atoms with Gasteiger partial charge in [0.2, 0.25) is 0 Å². The molecule has 5 nitrogen and oxygen atoms in total. The van der Waals surface area contributed by atoms with E-state index in [9.17, 15) is 9.59 Å². The number of hydrogen-bond acceptors (Lipinski definition) is 2. The van der Waals surface area contributed by atoms with Crippen molar-refractivity contribution in [3.8, 4) is 0 Å². The van der Waals surface area contributed by atoms with Crippen LogP contribution in [-0.2, 0) is 4.79 Å². The Morgan fingerprint density at radius 2 is 1.95 bits per heavy atom. The van der Waals surface area contributed by atoms with E-state index in [1.54, 1.807) is 0 Å². The van der Waals surface area contributed by atoms with Crippen molar-refractivity contribution in [2.24, 2.45) is 23.7 Å². The molecule has 3 unspecified atom stereocenters. The number of carbonyl (C=O) groups is 2. The third kappa shape index (κ3) is 4.11. The molecule has 0 aromatic carbocycles. The highest BCUT2D eigenvalue weighted by molar-refractivity contribution is 5.74. The van der Waals surface area contributed by atoms with E-state index in [1.165, 1.54) is 12.8 Å². The molecule has 2 aliphatic carbocycles. The molecule has 108 valence electrons. The lowest BCUT2D eigenvalue weighted by Gasteiger charge is -2.17. The molecule has 0 saturated heterocycles. The van der Waals surface area contributed by atoms with E-state index in [1.807, 2.05) is 0 Å². The first kappa shape index (κ1) is 14.2. The smallest absolute Gasteiger partial charge is 0.314 e. The first-order valence-electron chi connectivity index (χ1n) is 7.32. The Kier molecular flexibility index (Phi) is 4.66. The largest absolute Gasteiger partial charge is 0.481 e. The predicted octanol–water partition coefficient (Wildman–Crippen LogP) is 1.83. The zero-order valence-electron chi connectivity index (χ0n) is 11.5. The number of amides is 2. The lowest BCUT2D eigenvalue weighted by Crippen LogP contribution is -2.41. The van der Waals surface area contributed by atoms with Crippen LogP contribution in [0.25, 0.3) is 0 Å². The van der Waals surface area contributed by atoms with Crippen molar-refractivity contribution in [1.29, 1.82) is 0 Å². The van der Waals surface area contributed by atoms with E-state index in [0.29, 0.717) is 19.0 Å². The Labute approximate surface area is 114 Å². The molecule has 2 aliphatic rings. The van der Waals surface area contributed by atoms with E-state index in [4.69, 9.17) is 5.11 Å². The Hall–Kier alpha value is -1.26. The molecule has 3 atom stereocenters. The van der Waals surface area contributed by atoms with Crippen LogP contribution in [0.1, 0.15) is 39.0 Å². The van der Waals surface area contributed by atoms with E-state index in [-0.39, 0.29) is 17.9 Å². The van der Waals surface area contributed by atoms with Gasteiger partial charge in [0.25, 0.3) is 0 Å². The molecule has 2 amide bonds. The first-order chi connectivity index (χ1) is 9.08. The van der Waals surface area contributed by atoms with Crippen molar-refractivity contribution in [1.82, 2.24) is 10.6 Å². The average Bonchev–Trinajstić information content (AvgIpc) is 3.11. The van der Waals surface area contributed by atoms with Crippen molar-refractivity contribution in [2.45, 2.75) is 39.0 Å². The van der Waals surface area contributed by atoms with E-state index >= 15 is 0 Å². The number of carboxylic acid groups (broad SMARTS) is 1. The summed E-state index contributed by atoms with van der Waals surface area (Å²) in [7, 11) is 0. The summed E-state index contributed by atoms with van der Waals surface area (Å²) in [4.78, 5) is 22.7. The van der Waals surface area contributed by atoms with Crippen molar-refractivity contribution >= 4 is 12.0 Å². The van der Waals surface area contributed by atoms with E-state index in [2.05, 4.69) is 17.6 Å². The minimum Gasteiger partial charge on any atom is -0.481 e. The van der Waals surface area contributed by atoms with Crippen molar-refractivity contribution < 1.29 is 14.7 Å². The summed E-state index contributed by atoms with van der Waals surface area (Å²) in [6.07, 6.45) is 5.15. The van der Waals surface area contributed by atoms with Gasteiger partial charge in [0.1, 0.15) is 0 Å². The van der Waals surface area contributed by atoms with Gasteiger partial charge in [-0.2, -0.15) is 0 Å². The number of rotatable bonds is 6. The third-order valence-corrected chi connectivity index (χ3v) is 4.51. The van der Waals surface area contributed by atoms with Gasteiger partial charge in [-0.05, 0) is 43.4 Å². The minimum absolute atomic E-state index is 0.0871. The van der Waals surface area contributed by atoms with Gasteiger partial charge in [-0.3, -0.25) is 4.79 Å². The van der Waals surface area contributed by atoms with Crippen LogP contribution in [-0.4, -0.2) is 30.2 Å². The second-order valence-electron chi connectivity index (χ2n) is 6.04. The molecule has 0 spiro atoms. The number of urea groups is 1. The molecular weight excluding hydrogens is 244 g/mol. The molecule has 0 bridgehead atoms. The predicted molar refractivity (Wildman–Crippen MR) is 71.8 cm³/mol. The maximum Gasteiger partial charge on any atom is 0.314 e. The van der Waals surface area contributed by atoms with Crippen LogP contribution in [0.3, 0.4) is 0 Å². The zero-order valence-corrected chi connectivity index (χ0v) is 11.5. The van der Waals surface area contributed by atoms with Crippen LogP contribution in [0.4, 0.5) is 4.79 Å². The second-order valence-corrected chi connectivity index (χ2v) is 6.04. The van der Waals surface area contributed by atoms with E-state index in [0.717, 1.165) is 25.2 Å². The lowest BCUT2D eigenvalue weighted by atomic mass is 9.96. The fraction of sp³-hybridized carbons (Fsp3) is 0.857. The van der Waals surface area contributed by atoms with Gasteiger partial charge < -0.3 is 15.7 Å². The van der Waals surface area contributed by atoms with Crippen LogP contribution in [0, 0.1) is 23.7 Å². The van der Waals surface area contributed by atoms with Gasteiger partial charge in [0, 0.05) is 13.1 Å². The Morgan fingerprint density at radius 3 is 2.58 bits per heavy atom. The summed E-state index contributed by atoms with van der Waals surface area (Å²) >= 11 is 0. The van der Waals surface area contributed by atoms with Gasteiger partial charge in [-0.25, -0.2) is 4.79 Å². The molecule has 0 aromatic heterocycles. The lowest BCUT2D eigenvalue weighted by molar-refractivity contribution is -0.142. The molecule has 19 heavy (non-hydrogen) atoms. The van der Waals surface area contributed by atoms with E-state index < -0.39 is 5.97 Å². The monoisotopic (exact) mass is 268 g/mol. The summed E-state index contributed by atoms with van der Waals surface area (Å²) in [5, 5.41) is 14.7. The number of carboxylic acids is 1. The highest BCUT2D eigenvalue weighted by Crippen LogP contribution is 2.36. The fourth-order valence-corrected chi connectivity index (χ4v) is 2.98. The molecule has 0 aromatic rings. The van der Waals surface area contributed by atoms with Crippen LogP contribution in [0.2, 0.25) is 0 Å². The summed E-state index contributed by atoms with van der Waals surface area (Å²) in [6.45, 7) is 3.35. The highest BCUT2D eigenvalue weighted by atomic mass is 16.4. The molecule has 2 rings (SSSR count). The molecule has 5 heteroatoms. The number of hydrogen-bond donors (Lipinski definition) is 3. The quantitative estimate of drug-likeness (QED) is 0.687. The maximum absolute atomic E-state index is 11.7.